The summed E-state index contributed by atoms with van der Waals surface area (Å²) in [6, 6.07) is 7.05. The van der Waals surface area contributed by atoms with Crippen LogP contribution < -0.4 is 10.6 Å². The quantitative estimate of drug-likeness (QED) is 0.395. The third-order valence-corrected chi connectivity index (χ3v) is 5.53. The fourth-order valence-corrected chi connectivity index (χ4v) is 3.62. The van der Waals surface area contributed by atoms with Gasteiger partial charge in [0.1, 0.15) is 11.7 Å². The number of hydrogen-bond donors (Lipinski definition) is 4. The molecule has 2 heterocycles. The largest absolute Gasteiger partial charge is 0.394 e. The summed E-state index contributed by atoms with van der Waals surface area (Å²) in [6.07, 6.45) is 0.338. The first kappa shape index (κ1) is 22.9. The van der Waals surface area contributed by atoms with E-state index in [4.69, 9.17) is 4.74 Å². The van der Waals surface area contributed by atoms with Gasteiger partial charge in [-0.2, -0.15) is 0 Å². The average molecular weight is 431 g/mol. The number of aliphatic hydroxyl groups excluding tert-OH is 2. The Morgan fingerprint density at radius 3 is 2.39 bits per heavy atom. The Labute approximate surface area is 180 Å². The predicted octanol–water partition coefficient (Wildman–Crippen LogP) is 0.130. The number of aryl methyl sites for hydroxylation is 1. The van der Waals surface area contributed by atoms with Gasteiger partial charge in [0.2, 0.25) is 5.91 Å². The molecule has 9 nitrogen and oxygen atoms in total. The summed E-state index contributed by atoms with van der Waals surface area (Å²) in [4.78, 5) is 38.3. The number of amides is 2. The van der Waals surface area contributed by atoms with Gasteiger partial charge in [0.15, 0.2) is 11.4 Å². The van der Waals surface area contributed by atoms with Gasteiger partial charge in [0.25, 0.3) is 5.91 Å². The Kier molecular flexibility index (Phi) is 6.78. The highest BCUT2D eigenvalue weighted by Crippen LogP contribution is 2.30. The van der Waals surface area contributed by atoms with Crippen LogP contribution in [0.3, 0.4) is 0 Å². The molecule has 0 bridgehead atoms. The summed E-state index contributed by atoms with van der Waals surface area (Å²) in [6.45, 7) is 2.81. The van der Waals surface area contributed by atoms with Crippen molar-refractivity contribution in [3.63, 3.8) is 0 Å². The minimum absolute atomic E-state index is 0.0849. The summed E-state index contributed by atoms with van der Waals surface area (Å²) in [7, 11) is 1.74. The summed E-state index contributed by atoms with van der Waals surface area (Å²) in [5.41, 5.74) is -0.0691. The molecule has 0 radical (unpaired) electrons. The van der Waals surface area contributed by atoms with E-state index >= 15 is 0 Å². The molecule has 1 aliphatic rings. The predicted molar refractivity (Wildman–Crippen MR) is 113 cm³/mol. The van der Waals surface area contributed by atoms with Crippen LogP contribution in [0.5, 0.6) is 0 Å². The molecule has 3 rings (SSSR count). The van der Waals surface area contributed by atoms with Crippen LogP contribution in [0.4, 0.5) is 0 Å². The first-order chi connectivity index (χ1) is 14.7. The Balaban J connectivity index is 1.72. The zero-order chi connectivity index (χ0) is 22.8. The molecule has 2 amide bonds. The van der Waals surface area contributed by atoms with Crippen LogP contribution in [0.15, 0.2) is 30.3 Å². The lowest BCUT2D eigenvalue weighted by Crippen LogP contribution is -2.55. The van der Waals surface area contributed by atoms with Crippen molar-refractivity contribution in [2.75, 3.05) is 19.8 Å². The minimum Gasteiger partial charge on any atom is -0.394 e. The molecule has 9 heteroatoms. The number of nitrogens with zero attached hydrogens (tertiary/aromatic N) is 1. The number of rotatable bonds is 10. The molecule has 0 spiro atoms. The van der Waals surface area contributed by atoms with E-state index in [9.17, 15) is 24.6 Å². The number of carbonyl (C=O) groups is 3. The molecule has 168 valence electrons. The van der Waals surface area contributed by atoms with Gasteiger partial charge in [-0.05, 0) is 24.5 Å². The van der Waals surface area contributed by atoms with Crippen LogP contribution in [-0.4, -0.2) is 69.9 Å². The van der Waals surface area contributed by atoms with Crippen molar-refractivity contribution < 1.29 is 29.3 Å². The van der Waals surface area contributed by atoms with Gasteiger partial charge in [-0.25, -0.2) is 0 Å². The maximum Gasteiger partial charge on any atom is 0.268 e. The van der Waals surface area contributed by atoms with Gasteiger partial charge in [0.05, 0.1) is 25.9 Å². The lowest BCUT2D eigenvalue weighted by Gasteiger charge is -2.24. The number of aliphatic hydroxyl groups is 2. The zero-order valence-electron chi connectivity index (χ0n) is 17.9. The molecule has 4 N–H and O–H groups in total. The monoisotopic (exact) mass is 431 g/mol. The topological polar surface area (TPSA) is 133 Å². The minimum atomic E-state index is -1.27. The summed E-state index contributed by atoms with van der Waals surface area (Å²) < 4.78 is 6.84. The Hall–Kier alpha value is -2.75. The van der Waals surface area contributed by atoms with E-state index in [0.717, 1.165) is 10.9 Å². The maximum atomic E-state index is 12.8. The number of nitrogens with one attached hydrogen (secondary N) is 2. The smallest absolute Gasteiger partial charge is 0.268 e. The Morgan fingerprint density at radius 1 is 1.16 bits per heavy atom. The summed E-state index contributed by atoms with van der Waals surface area (Å²) in [5.74, 6) is -1.52. The van der Waals surface area contributed by atoms with Gasteiger partial charge in [0, 0.05) is 18.0 Å². The summed E-state index contributed by atoms with van der Waals surface area (Å²) >= 11 is 0. The maximum absolute atomic E-state index is 12.8. The van der Waals surface area contributed by atoms with Crippen LogP contribution >= 0.6 is 0 Å². The van der Waals surface area contributed by atoms with Crippen LogP contribution in [-0.2, 0) is 21.4 Å². The van der Waals surface area contributed by atoms with Gasteiger partial charge in [-0.15, -0.1) is 0 Å². The zero-order valence-corrected chi connectivity index (χ0v) is 17.9. The van der Waals surface area contributed by atoms with Crippen molar-refractivity contribution in [1.29, 1.82) is 0 Å². The normalized spacial score (nSPS) is 19.8. The van der Waals surface area contributed by atoms with E-state index in [1.54, 1.807) is 17.7 Å². The molecule has 2 aromatic rings. The van der Waals surface area contributed by atoms with E-state index in [1.165, 1.54) is 0 Å². The molecular formula is C22H29N3O6. The second-order valence-corrected chi connectivity index (χ2v) is 8.35. The van der Waals surface area contributed by atoms with E-state index in [-0.39, 0.29) is 12.5 Å². The number of ketones is 1. The molecule has 3 atom stereocenters. The molecular weight excluding hydrogens is 402 g/mol. The molecule has 1 aromatic heterocycles. The third-order valence-electron chi connectivity index (χ3n) is 5.53. The highest BCUT2D eigenvalue weighted by molar-refractivity contribution is 6.02. The van der Waals surface area contributed by atoms with Crippen LogP contribution in [0, 0.1) is 5.92 Å². The second-order valence-electron chi connectivity index (χ2n) is 8.35. The van der Waals surface area contributed by atoms with Gasteiger partial charge in [-0.3, -0.25) is 14.4 Å². The second kappa shape index (κ2) is 9.17. The molecule has 1 saturated heterocycles. The van der Waals surface area contributed by atoms with E-state index < -0.39 is 48.5 Å². The molecule has 2 unspecified atom stereocenters. The van der Waals surface area contributed by atoms with E-state index in [2.05, 4.69) is 10.6 Å². The van der Waals surface area contributed by atoms with Crippen molar-refractivity contribution >= 4 is 28.5 Å². The van der Waals surface area contributed by atoms with Crippen molar-refractivity contribution in [3.05, 3.63) is 36.0 Å². The first-order valence-electron chi connectivity index (χ1n) is 10.3. The first-order valence-corrected chi connectivity index (χ1v) is 10.3. The van der Waals surface area contributed by atoms with Crippen molar-refractivity contribution in [3.8, 4) is 0 Å². The molecule has 1 aromatic carbocycles. The van der Waals surface area contributed by atoms with Crippen LogP contribution in [0.2, 0.25) is 0 Å². The number of carbonyl (C=O) groups excluding carboxylic acids is 3. The number of epoxide rings is 1. The number of aromatic nitrogens is 1. The van der Waals surface area contributed by atoms with Gasteiger partial charge < -0.3 is 30.2 Å². The highest BCUT2D eigenvalue weighted by Gasteiger charge is 2.54. The van der Waals surface area contributed by atoms with Crippen LogP contribution in [0.1, 0.15) is 30.8 Å². The number of para-hydroxylation sites is 1. The molecule has 1 fully saturated rings. The van der Waals surface area contributed by atoms with Crippen molar-refractivity contribution in [1.82, 2.24) is 15.2 Å². The highest BCUT2D eigenvalue weighted by atomic mass is 16.6. The lowest BCUT2D eigenvalue weighted by molar-refractivity contribution is -0.133. The molecule has 31 heavy (non-hydrogen) atoms. The molecule has 0 saturated carbocycles. The third kappa shape index (κ3) is 4.79. The standard InChI is InChI=1S/C22H29N3O6/c1-13(2)8-15(19(28)22(11-27)12-31-22)23-20(29)16(10-26)24-21(30)18-9-14-6-4-5-7-17(14)25(18)3/h4-7,9,13,15-16,26-27H,8,10-12H2,1-3H3,(H,23,29)(H,24,30)/t15?,16-,22?/m0/s1. The number of ether oxygens (including phenoxy) is 1. The van der Waals surface area contributed by atoms with Crippen molar-refractivity contribution in [2.24, 2.45) is 13.0 Å². The fraction of sp³-hybridized carbons (Fsp3) is 0.500. The SMILES string of the molecule is CC(C)CC(NC(=O)[C@H](CO)NC(=O)c1cc2ccccc2n1C)C(=O)C1(CO)CO1. The Bertz CT molecular complexity index is 979. The van der Waals surface area contributed by atoms with E-state index in [0.29, 0.717) is 12.1 Å². The molecule has 1 aliphatic heterocycles. The number of fused-ring (bicyclic) bond motifs is 1. The van der Waals surface area contributed by atoms with Crippen molar-refractivity contribution in [2.45, 2.75) is 38.0 Å². The number of benzene rings is 1. The summed E-state index contributed by atoms with van der Waals surface area (Å²) in [5, 5.41) is 25.2. The van der Waals surface area contributed by atoms with Crippen LogP contribution in [0.25, 0.3) is 10.9 Å². The fourth-order valence-electron chi connectivity index (χ4n) is 3.62. The lowest BCUT2D eigenvalue weighted by atomic mass is 9.92. The van der Waals surface area contributed by atoms with Gasteiger partial charge >= 0.3 is 0 Å². The molecule has 0 aliphatic carbocycles. The Morgan fingerprint density at radius 2 is 1.84 bits per heavy atom. The van der Waals surface area contributed by atoms with Gasteiger partial charge in [-0.1, -0.05) is 32.0 Å². The number of Topliss-reactive ketones (excluding diaryl/α,β-unsaturated/α-hetero) is 1. The average Bonchev–Trinajstić information content (AvgIpc) is 3.48. The van der Waals surface area contributed by atoms with E-state index in [1.807, 2.05) is 38.1 Å². The number of hydrogen-bond acceptors (Lipinski definition) is 6.